The van der Waals surface area contributed by atoms with Gasteiger partial charge in [0.25, 0.3) is 11.8 Å². The molecule has 0 bridgehead atoms. The normalized spacial score (nSPS) is 11.1. The molecule has 1 atom stereocenters. The summed E-state index contributed by atoms with van der Waals surface area (Å²) in [5.74, 6) is 4.90. The molecule has 0 aromatic heterocycles. The maximum Gasteiger partial charge on any atom is 0.267 e. The Morgan fingerprint density at radius 2 is 1.56 bits per heavy atom. The molecule has 8 nitrogen and oxygen atoms in total. The highest BCUT2D eigenvalue weighted by molar-refractivity contribution is 5.97. The summed E-state index contributed by atoms with van der Waals surface area (Å²) in [5, 5.41) is 14.7. The average molecular weight is 511 g/mol. The number of carbonyl (C=O) groups excluding carboxylic acids is 2. The first kappa shape index (κ1) is 31.4. The van der Waals surface area contributed by atoms with Crippen molar-refractivity contribution in [2.24, 2.45) is 5.73 Å². The average Bonchev–Trinajstić information content (AvgIpc) is 2.78. The van der Waals surface area contributed by atoms with Crippen LogP contribution in [0.1, 0.15) is 40.9 Å². The highest BCUT2D eigenvalue weighted by Crippen LogP contribution is 2.09. The number of ether oxygens (including phenoxy) is 1. The molecule has 0 fully saturated rings. The van der Waals surface area contributed by atoms with Gasteiger partial charge in [0.05, 0.1) is 6.61 Å². The van der Waals surface area contributed by atoms with Gasteiger partial charge in [-0.25, -0.2) is 5.48 Å². The van der Waals surface area contributed by atoms with Gasteiger partial charge in [0.1, 0.15) is 6.04 Å². The van der Waals surface area contributed by atoms with E-state index >= 15 is 0 Å². The highest BCUT2D eigenvalue weighted by atomic mass is 35.5. The van der Waals surface area contributed by atoms with Crippen LogP contribution >= 0.6 is 24.8 Å². The molecule has 2 rings (SSSR count). The molecule has 0 aliphatic heterocycles. The summed E-state index contributed by atoms with van der Waals surface area (Å²) in [7, 11) is 1.67. The molecule has 0 radical (unpaired) electrons. The Kier molecular flexibility index (Phi) is 14.1. The second-order valence-corrected chi connectivity index (χ2v) is 7.90. The van der Waals surface area contributed by atoms with Crippen LogP contribution < -0.4 is 21.8 Å². The van der Waals surface area contributed by atoms with E-state index < -0.39 is 23.4 Å². The number of amides is 2. The van der Waals surface area contributed by atoms with Crippen molar-refractivity contribution in [1.82, 2.24) is 16.1 Å². The van der Waals surface area contributed by atoms with Crippen LogP contribution in [0.25, 0.3) is 0 Å². The fourth-order valence-corrected chi connectivity index (χ4v) is 2.83. The van der Waals surface area contributed by atoms with Gasteiger partial charge in [0, 0.05) is 42.4 Å². The summed E-state index contributed by atoms with van der Waals surface area (Å²) in [6.07, 6.45) is 0. The van der Waals surface area contributed by atoms with E-state index in [1.807, 2.05) is 24.3 Å². The van der Waals surface area contributed by atoms with Crippen molar-refractivity contribution in [3.05, 3.63) is 70.8 Å². The fourth-order valence-electron chi connectivity index (χ4n) is 2.83. The molecule has 0 spiro atoms. The minimum atomic E-state index is -1.10. The predicted molar refractivity (Wildman–Crippen MR) is 136 cm³/mol. The number of nitrogens with two attached hydrogens (primary N) is 1. The van der Waals surface area contributed by atoms with Gasteiger partial charge in [0.2, 0.25) is 0 Å². The van der Waals surface area contributed by atoms with Crippen molar-refractivity contribution >= 4 is 36.6 Å². The van der Waals surface area contributed by atoms with Crippen LogP contribution in [0.2, 0.25) is 0 Å². The Morgan fingerprint density at radius 3 is 2.03 bits per heavy atom. The molecule has 10 heteroatoms. The van der Waals surface area contributed by atoms with Gasteiger partial charge in [-0.1, -0.05) is 24.0 Å². The van der Waals surface area contributed by atoms with E-state index in [4.69, 9.17) is 15.7 Å². The zero-order valence-corrected chi connectivity index (χ0v) is 21.0. The minimum Gasteiger partial charge on any atom is -0.383 e. The van der Waals surface area contributed by atoms with Gasteiger partial charge in [-0.15, -0.1) is 24.8 Å². The van der Waals surface area contributed by atoms with Crippen LogP contribution in [0.15, 0.2) is 48.5 Å². The maximum absolute atomic E-state index is 12.5. The number of hydroxylamine groups is 1. The van der Waals surface area contributed by atoms with E-state index in [0.717, 1.165) is 29.8 Å². The quantitative estimate of drug-likeness (QED) is 0.152. The Balaban J connectivity index is 0.00000544. The number of halogens is 2. The van der Waals surface area contributed by atoms with Crippen LogP contribution in [0.4, 0.5) is 0 Å². The summed E-state index contributed by atoms with van der Waals surface area (Å²) in [6, 6.07) is 13.6. The first-order chi connectivity index (χ1) is 15.2. The number of carbonyl (C=O) groups is 2. The number of hydrogen-bond donors (Lipinski definition) is 5. The molecule has 0 unspecified atom stereocenters. The molecule has 34 heavy (non-hydrogen) atoms. The van der Waals surface area contributed by atoms with Gasteiger partial charge in [-0.05, 0) is 55.8 Å². The summed E-state index contributed by atoms with van der Waals surface area (Å²) in [4.78, 5) is 24.3. The summed E-state index contributed by atoms with van der Waals surface area (Å²) < 4.78 is 5.00. The lowest BCUT2D eigenvalue weighted by Gasteiger charge is -2.29. The predicted octanol–water partition coefficient (Wildman–Crippen LogP) is 2.01. The SMILES string of the molecule is COCCNCc1ccc(C#Cc2ccc(C(=O)N[C@H](C(=O)NO)C(C)(C)N)cc2)cc1.Cl.Cl. The maximum atomic E-state index is 12.5. The number of benzene rings is 2. The van der Waals surface area contributed by atoms with E-state index in [1.165, 1.54) is 5.48 Å². The number of nitrogens with one attached hydrogen (secondary N) is 3. The van der Waals surface area contributed by atoms with Crippen molar-refractivity contribution in [1.29, 1.82) is 0 Å². The minimum absolute atomic E-state index is 0. The molecule has 0 saturated heterocycles. The van der Waals surface area contributed by atoms with Crippen molar-refractivity contribution in [3.8, 4) is 11.8 Å². The Morgan fingerprint density at radius 1 is 1.03 bits per heavy atom. The summed E-state index contributed by atoms with van der Waals surface area (Å²) >= 11 is 0. The Hall–Kier alpha value is -2.64. The molecular weight excluding hydrogens is 479 g/mol. The number of hydrogen-bond acceptors (Lipinski definition) is 6. The van der Waals surface area contributed by atoms with E-state index in [-0.39, 0.29) is 24.8 Å². The molecule has 2 aromatic rings. The van der Waals surface area contributed by atoms with Gasteiger partial charge in [-0.3, -0.25) is 14.8 Å². The number of methoxy groups -OCH3 is 1. The Bertz CT molecular complexity index is 966. The third-order valence-corrected chi connectivity index (χ3v) is 4.66. The van der Waals surface area contributed by atoms with Crippen molar-refractivity contribution in [3.63, 3.8) is 0 Å². The van der Waals surface area contributed by atoms with Crippen molar-refractivity contribution in [2.45, 2.75) is 32.0 Å². The summed E-state index contributed by atoms with van der Waals surface area (Å²) in [5.41, 5.74) is 9.54. The lowest BCUT2D eigenvalue weighted by molar-refractivity contribution is -0.132. The smallest absolute Gasteiger partial charge is 0.267 e. The third-order valence-electron chi connectivity index (χ3n) is 4.66. The van der Waals surface area contributed by atoms with Gasteiger partial charge in [0.15, 0.2) is 0 Å². The van der Waals surface area contributed by atoms with Crippen LogP contribution in [0.5, 0.6) is 0 Å². The molecule has 0 aliphatic carbocycles. The molecule has 6 N–H and O–H groups in total. The monoisotopic (exact) mass is 510 g/mol. The molecule has 2 aromatic carbocycles. The standard InChI is InChI=1S/C24H30N4O4.2ClH/c1-24(2,25)21(23(30)28-31)27-22(29)20-12-10-18(11-13-20)5-4-17-6-8-19(9-7-17)16-26-14-15-32-3;;/h6-13,21,26,31H,14-16,25H2,1-3H3,(H,27,29)(H,28,30);2*1H/t21-;;/m1../s1. The fraction of sp³-hybridized carbons (Fsp3) is 0.333. The highest BCUT2D eigenvalue weighted by Gasteiger charge is 2.33. The topological polar surface area (TPSA) is 126 Å². The third kappa shape index (κ3) is 10.1. The largest absolute Gasteiger partial charge is 0.383 e. The Labute approximate surface area is 212 Å². The molecule has 0 heterocycles. The lowest BCUT2D eigenvalue weighted by atomic mass is 9.95. The zero-order chi connectivity index (χ0) is 23.6. The van der Waals surface area contributed by atoms with Crippen LogP contribution in [-0.4, -0.2) is 48.9 Å². The van der Waals surface area contributed by atoms with E-state index in [1.54, 1.807) is 45.2 Å². The first-order valence-electron chi connectivity index (χ1n) is 10.2. The zero-order valence-electron chi connectivity index (χ0n) is 19.4. The molecule has 0 saturated carbocycles. The van der Waals surface area contributed by atoms with Gasteiger partial charge >= 0.3 is 0 Å². The van der Waals surface area contributed by atoms with E-state index in [9.17, 15) is 9.59 Å². The second-order valence-electron chi connectivity index (χ2n) is 7.90. The molecule has 0 aliphatic rings. The second kappa shape index (κ2) is 15.3. The van der Waals surface area contributed by atoms with Crippen LogP contribution in [0.3, 0.4) is 0 Å². The first-order valence-corrected chi connectivity index (χ1v) is 10.2. The summed E-state index contributed by atoms with van der Waals surface area (Å²) in [6.45, 7) is 5.40. The van der Waals surface area contributed by atoms with Crippen molar-refractivity contribution in [2.75, 3.05) is 20.3 Å². The van der Waals surface area contributed by atoms with Gasteiger partial charge in [-0.2, -0.15) is 0 Å². The van der Waals surface area contributed by atoms with Crippen molar-refractivity contribution < 1.29 is 19.5 Å². The molecule has 186 valence electrons. The lowest BCUT2D eigenvalue weighted by Crippen LogP contribution is -2.61. The van der Waals surface area contributed by atoms with E-state index in [0.29, 0.717) is 12.2 Å². The number of rotatable bonds is 9. The van der Waals surface area contributed by atoms with Crippen LogP contribution in [0, 0.1) is 11.8 Å². The molecular formula is C24H32Cl2N4O4. The molecule has 2 amide bonds. The van der Waals surface area contributed by atoms with Crippen LogP contribution in [-0.2, 0) is 16.1 Å². The van der Waals surface area contributed by atoms with E-state index in [2.05, 4.69) is 22.5 Å². The van der Waals surface area contributed by atoms with Gasteiger partial charge < -0.3 is 21.1 Å².